The largest absolute Gasteiger partial charge is 0.373 e. The molecule has 1 atom stereocenters. The molecule has 0 spiro atoms. The minimum atomic E-state index is -3.56. The molecule has 32 heavy (non-hydrogen) atoms. The lowest BCUT2D eigenvalue weighted by Gasteiger charge is -2.21. The van der Waals surface area contributed by atoms with Gasteiger partial charge in [-0.25, -0.2) is 18.4 Å². The molecule has 7 nitrogen and oxygen atoms in total. The fraction of sp³-hybridized carbons (Fsp3) is 0.333. The summed E-state index contributed by atoms with van der Waals surface area (Å²) in [7, 11) is -1.69. The number of aromatic nitrogens is 2. The van der Waals surface area contributed by atoms with E-state index in [1.807, 2.05) is 49.5 Å². The Hall–Kier alpha value is -2.81. The van der Waals surface area contributed by atoms with Crippen LogP contribution < -0.4 is 10.6 Å². The molecule has 5 rings (SSSR count). The van der Waals surface area contributed by atoms with Crippen LogP contribution in [0.25, 0.3) is 11.1 Å². The highest BCUT2D eigenvalue weighted by Crippen LogP contribution is 2.32. The predicted octanol–water partition coefficient (Wildman–Crippen LogP) is 3.01. The zero-order valence-electron chi connectivity index (χ0n) is 18.1. The SMILES string of the molecule is CNc1nc(C2CCN(S(=O)(=O)c3ccc(-c4ccccc4)cc3)C2)nc2c1CCNC2. The molecule has 166 valence electrons. The van der Waals surface area contributed by atoms with Gasteiger partial charge < -0.3 is 10.6 Å². The fourth-order valence-corrected chi connectivity index (χ4v) is 6.02. The van der Waals surface area contributed by atoms with Gasteiger partial charge in [0.15, 0.2) is 0 Å². The quantitative estimate of drug-likeness (QED) is 0.623. The standard InChI is InChI=1S/C24H27N5O2S/c1-25-24-21-11-13-26-15-22(21)27-23(28-24)19-12-14-29(16-19)32(30,31)20-9-7-18(8-10-20)17-5-3-2-4-6-17/h2-10,19,26H,11-16H2,1H3,(H,25,27,28). The highest BCUT2D eigenvalue weighted by Gasteiger charge is 2.35. The van der Waals surface area contributed by atoms with Gasteiger partial charge in [0.2, 0.25) is 10.0 Å². The molecule has 0 aliphatic carbocycles. The zero-order valence-corrected chi connectivity index (χ0v) is 18.9. The van der Waals surface area contributed by atoms with Crippen molar-refractivity contribution in [1.29, 1.82) is 0 Å². The number of nitrogens with zero attached hydrogens (tertiary/aromatic N) is 3. The Kier molecular flexibility index (Phi) is 5.67. The van der Waals surface area contributed by atoms with Crippen LogP contribution in [0.1, 0.15) is 29.4 Å². The van der Waals surface area contributed by atoms with Crippen LogP contribution in [-0.4, -0.2) is 49.4 Å². The van der Waals surface area contributed by atoms with Crippen molar-refractivity contribution in [3.8, 4) is 11.1 Å². The molecule has 2 N–H and O–H groups in total. The third-order valence-corrected chi connectivity index (χ3v) is 8.19. The Bertz CT molecular complexity index is 1200. The number of nitrogens with one attached hydrogen (secondary N) is 2. The Morgan fingerprint density at radius 1 is 1.03 bits per heavy atom. The predicted molar refractivity (Wildman–Crippen MR) is 125 cm³/mol. The number of benzene rings is 2. The fourth-order valence-electron chi connectivity index (χ4n) is 4.52. The maximum absolute atomic E-state index is 13.3. The first-order valence-corrected chi connectivity index (χ1v) is 12.4. The molecule has 2 aromatic carbocycles. The van der Waals surface area contributed by atoms with Crippen LogP contribution in [0.15, 0.2) is 59.5 Å². The van der Waals surface area contributed by atoms with Crippen molar-refractivity contribution in [2.75, 3.05) is 32.0 Å². The van der Waals surface area contributed by atoms with Gasteiger partial charge in [0.1, 0.15) is 11.6 Å². The van der Waals surface area contributed by atoms with Gasteiger partial charge in [-0.15, -0.1) is 0 Å². The van der Waals surface area contributed by atoms with E-state index in [0.29, 0.717) is 18.0 Å². The Morgan fingerprint density at radius 3 is 2.53 bits per heavy atom. The van der Waals surface area contributed by atoms with Crippen LogP contribution in [0, 0.1) is 0 Å². The molecular weight excluding hydrogens is 422 g/mol. The lowest BCUT2D eigenvalue weighted by molar-refractivity contribution is 0.470. The van der Waals surface area contributed by atoms with Crippen LogP contribution in [0.5, 0.6) is 0 Å². The van der Waals surface area contributed by atoms with Crippen LogP contribution >= 0.6 is 0 Å². The van der Waals surface area contributed by atoms with Gasteiger partial charge in [-0.1, -0.05) is 42.5 Å². The van der Waals surface area contributed by atoms with Gasteiger partial charge in [-0.3, -0.25) is 0 Å². The summed E-state index contributed by atoms with van der Waals surface area (Å²) < 4.78 is 28.1. The van der Waals surface area contributed by atoms with Gasteiger partial charge in [-0.2, -0.15) is 4.31 Å². The maximum atomic E-state index is 13.3. The molecule has 1 aromatic heterocycles. The Morgan fingerprint density at radius 2 is 1.78 bits per heavy atom. The van der Waals surface area contributed by atoms with E-state index in [2.05, 4.69) is 10.6 Å². The second-order valence-corrected chi connectivity index (χ2v) is 10.2. The van der Waals surface area contributed by atoms with E-state index in [9.17, 15) is 8.42 Å². The molecule has 2 aliphatic rings. The first-order valence-electron chi connectivity index (χ1n) is 11.0. The van der Waals surface area contributed by atoms with Crippen molar-refractivity contribution in [2.24, 2.45) is 0 Å². The minimum absolute atomic E-state index is 0.00677. The molecule has 3 aromatic rings. The van der Waals surface area contributed by atoms with Crippen molar-refractivity contribution < 1.29 is 8.42 Å². The lowest BCUT2D eigenvalue weighted by Crippen LogP contribution is -2.29. The number of hydrogen-bond acceptors (Lipinski definition) is 6. The van der Waals surface area contributed by atoms with Gasteiger partial charge in [-0.05, 0) is 42.6 Å². The van der Waals surface area contributed by atoms with E-state index < -0.39 is 10.0 Å². The summed E-state index contributed by atoms with van der Waals surface area (Å²) in [5.41, 5.74) is 4.25. The second-order valence-electron chi connectivity index (χ2n) is 8.27. The van der Waals surface area contributed by atoms with Crippen molar-refractivity contribution in [1.82, 2.24) is 19.6 Å². The van der Waals surface area contributed by atoms with Crippen molar-refractivity contribution >= 4 is 15.8 Å². The smallest absolute Gasteiger partial charge is 0.243 e. The summed E-state index contributed by atoms with van der Waals surface area (Å²) in [5, 5.41) is 6.55. The highest BCUT2D eigenvalue weighted by atomic mass is 32.2. The summed E-state index contributed by atoms with van der Waals surface area (Å²) in [6.07, 6.45) is 1.62. The minimum Gasteiger partial charge on any atom is -0.373 e. The summed E-state index contributed by atoms with van der Waals surface area (Å²) >= 11 is 0. The molecule has 1 unspecified atom stereocenters. The molecule has 3 heterocycles. The number of fused-ring (bicyclic) bond motifs is 1. The third-order valence-electron chi connectivity index (χ3n) is 6.31. The topological polar surface area (TPSA) is 87.2 Å². The van der Waals surface area contributed by atoms with Crippen LogP contribution in [0.4, 0.5) is 5.82 Å². The second kappa shape index (κ2) is 8.61. The third kappa shape index (κ3) is 3.90. The number of sulfonamides is 1. The van der Waals surface area contributed by atoms with Crippen LogP contribution in [-0.2, 0) is 23.0 Å². The molecule has 8 heteroatoms. The molecular formula is C24H27N5O2S. The number of anilines is 1. The molecule has 0 radical (unpaired) electrons. The van der Waals surface area contributed by atoms with Gasteiger partial charge in [0.25, 0.3) is 0 Å². The van der Waals surface area contributed by atoms with Crippen LogP contribution in [0.2, 0.25) is 0 Å². The zero-order chi connectivity index (χ0) is 22.1. The lowest BCUT2D eigenvalue weighted by atomic mass is 10.0. The van der Waals surface area contributed by atoms with Crippen LogP contribution in [0.3, 0.4) is 0 Å². The van der Waals surface area contributed by atoms with Gasteiger partial charge in [0, 0.05) is 38.2 Å². The first-order chi connectivity index (χ1) is 15.6. The van der Waals surface area contributed by atoms with E-state index in [0.717, 1.165) is 60.0 Å². The van der Waals surface area contributed by atoms with Gasteiger partial charge in [0.05, 0.1) is 10.6 Å². The molecule has 0 bridgehead atoms. The highest BCUT2D eigenvalue weighted by molar-refractivity contribution is 7.89. The number of hydrogen-bond donors (Lipinski definition) is 2. The summed E-state index contributed by atoms with van der Waals surface area (Å²) in [4.78, 5) is 9.88. The molecule has 2 aliphatic heterocycles. The molecule has 1 saturated heterocycles. The summed E-state index contributed by atoms with van der Waals surface area (Å²) in [6.45, 7) is 2.52. The maximum Gasteiger partial charge on any atom is 0.243 e. The average Bonchev–Trinajstić information content (AvgIpc) is 3.35. The first kappa shape index (κ1) is 21.1. The Balaban J connectivity index is 1.36. The Labute approximate surface area is 189 Å². The average molecular weight is 450 g/mol. The van der Waals surface area contributed by atoms with E-state index in [1.165, 1.54) is 0 Å². The number of rotatable bonds is 5. The molecule has 1 fully saturated rings. The van der Waals surface area contributed by atoms with E-state index in [4.69, 9.17) is 9.97 Å². The monoisotopic (exact) mass is 449 g/mol. The molecule has 0 amide bonds. The molecule has 0 saturated carbocycles. The van der Waals surface area contributed by atoms with E-state index in [-0.39, 0.29) is 5.92 Å². The summed E-state index contributed by atoms with van der Waals surface area (Å²) in [5.74, 6) is 1.59. The summed E-state index contributed by atoms with van der Waals surface area (Å²) in [6, 6.07) is 17.1. The normalized spacial score (nSPS) is 19.0. The van der Waals surface area contributed by atoms with Crippen molar-refractivity contribution in [2.45, 2.75) is 30.2 Å². The van der Waals surface area contributed by atoms with Gasteiger partial charge >= 0.3 is 0 Å². The van der Waals surface area contributed by atoms with Crippen molar-refractivity contribution in [3.05, 3.63) is 71.7 Å². The van der Waals surface area contributed by atoms with E-state index in [1.54, 1.807) is 16.4 Å². The van der Waals surface area contributed by atoms with E-state index >= 15 is 0 Å². The van der Waals surface area contributed by atoms with Crippen molar-refractivity contribution in [3.63, 3.8) is 0 Å².